The van der Waals surface area contributed by atoms with Gasteiger partial charge in [-0.1, -0.05) is 0 Å². The Bertz CT molecular complexity index is 511. The van der Waals surface area contributed by atoms with Crippen LogP contribution in [0.5, 0.6) is 11.5 Å². The highest BCUT2D eigenvalue weighted by molar-refractivity contribution is 7.80. The molecule has 0 spiro atoms. The van der Waals surface area contributed by atoms with Gasteiger partial charge in [-0.25, -0.2) is 4.57 Å². The number of fused-ring (bicyclic) bond motifs is 1. The molecule has 0 atom stereocenters. The van der Waals surface area contributed by atoms with E-state index in [4.69, 9.17) is 0 Å². The summed E-state index contributed by atoms with van der Waals surface area (Å²) in [5.74, 6) is -0.323. The minimum atomic E-state index is -0.174. The number of pyridine rings is 1. The van der Waals surface area contributed by atoms with Crippen molar-refractivity contribution in [3.63, 3.8) is 0 Å². The minimum Gasteiger partial charge on any atom is -0.504 e. The van der Waals surface area contributed by atoms with E-state index in [1.807, 2.05) is 29.9 Å². The maximum Gasteiger partial charge on any atom is 0.217 e. The molecule has 1 aromatic heterocycles. The molecular formula is C10H10NO2S+. The lowest BCUT2D eigenvalue weighted by atomic mass is 10.2. The van der Waals surface area contributed by atoms with Gasteiger partial charge in [0.1, 0.15) is 7.05 Å². The first-order valence-corrected chi connectivity index (χ1v) is 4.58. The summed E-state index contributed by atoms with van der Waals surface area (Å²) in [4.78, 5) is 0.399. The quantitative estimate of drug-likeness (QED) is 0.348. The van der Waals surface area contributed by atoms with Crippen LogP contribution in [-0.4, -0.2) is 10.2 Å². The van der Waals surface area contributed by atoms with Crippen molar-refractivity contribution < 1.29 is 14.8 Å². The number of aryl methyl sites for hydroxylation is 1. The molecule has 0 amide bonds. The van der Waals surface area contributed by atoms with Gasteiger partial charge in [-0.3, -0.25) is 0 Å². The molecule has 4 heteroatoms. The van der Waals surface area contributed by atoms with Gasteiger partial charge in [-0.05, 0) is 6.07 Å². The number of rotatable bonds is 0. The normalized spacial score (nSPS) is 10.7. The number of aromatic hydroxyl groups is 2. The first-order chi connectivity index (χ1) is 6.61. The van der Waals surface area contributed by atoms with Crippen LogP contribution in [0.4, 0.5) is 0 Å². The van der Waals surface area contributed by atoms with E-state index >= 15 is 0 Å². The molecule has 0 unspecified atom stereocenters. The van der Waals surface area contributed by atoms with Crippen molar-refractivity contribution in [2.45, 2.75) is 4.90 Å². The monoisotopic (exact) mass is 208 g/mol. The Labute approximate surface area is 86.7 Å². The van der Waals surface area contributed by atoms with Crippen molar-refractivity contribution in [3.05, 3.63) is 24.4 Å². The molecule has 0 radical (unpaired) electrons. The Balaban J connectivity index is 2.98. The van der Waals surface area contributed by atoms with E-state index in [-0.39, 0.29) is 11.5 Å². The Morgan fingerprint density at radius 3 is 2.79 bits per heavy atom. The fraction of sp³-hybridized carbons (Fsp3) is 0.100. The summed E-state index contributed by atoms with van der Waals surface area (Å²) in [5.41, 5.74) is 0.827. The van der Waals surface area contributed by atoms with E-state index in [1.165, 1.54) is 6.07 Å². The van der Waals surface area contributed by atoms with Crippen LogP contribution in [0.2, 0.25) is 0 Å². The van der Waals surface area contributed by atoms with E-state index < -0.39 is 0 Å². The molecular weight excluding hydrogens is 198 g/mol. The third kappa shape index (κ3) is 1.19. The highest BCUT2D eigenvalue weighted by Crippen LogP contribution is 2.36. The molecule has 0 aliphatic carbocycles. The Kier molecular flexibility index (Phi) is 2.00. The smallest absolute Gasteiger partial charge is 0.217 e. The lowest BCUT2D eigenvalue weighted by Crippen LogP contribution is -2.27. The summed E-state index contributed by atoms with van der Waals surface area (Å²) in [6.07, 6.45) is 1.87. The second-order valence-corrected chi connectivity index (χ2v) is 3.59. The molecule has 1 heterocycles. The van der Waals surface area contributed by atoms with Crippen LogP contribution < -0.4 is 4.57 Å². The zero-order chi connectivity index (χ0) is 10.3. The molecule has 0 saturated heterocycles. The van der Waals surface area contributed by atoms with Crippen molar-refractivity contribution >= 4 is 23.5 Å². The van der Waals surface area contributed by atoms with E-state index in [2.05, 4.69) is 12.6 Å². The fourth-order valence-electron chi connectivity index (χ4n) is 1.45. The summed E-state index contributed by atoms with van der Waals surface area (Å²) in [7, 11) is 1.87. The molecule has 1 aromatic carbocycles. The first kappa shape index (κ1) is 9.15. The van der Waals surface area contributed by atoms with Gasteiger partial charge in [0.2, 0.25) is 5.52 Å². The maximum atomic E-state index is 9.46. The number of nitrogens with zero attached hydrogens (tertiary/aromatic N) is 1. The summed E-state index contributed by atoms with van der Waals surface area (Å²) in [5, 5.41) is 19.7. The third-order valence-corrected chi connectivity index (χ3v) is 2.68. The Morgan fingerprint density at radius 1 is 1.36 bits per heavy atom. The summed E-state index contributed by atoms with van der Waals surface area (Å²) >= 11 is 4.16. The zero-order valence-electron chi connectivity index (χ0n) is 7.60. The van der Waals surface area contributed by atoms with Crippen LogP contribution in [-0.2, 0) is 7.05 Å². The van der Waals surface area contributed by atoms with Gasteiger partial charge in [-0.15, -0.1) is 12.6 Å². The number of thiol groups is 1. The van der Waals surface area contributed by atoms with Gasteiger partial charge in [0.15, 0.2) is 17.7 Å². The fourth-order valence-corrected chi connectivity index (χ4v) is 1.75. The van der Waals surface area contributed by atoms with E-state index in [0.717, 1.165) is 10.9 Å². The number of phenols is 2. The van der Waals surface area contributed by atoms with Crippen LogP contribution in [0.25, 0.3) is 10.9 Å². The van der Waals surface area contributed by atoms with Crippen LogP contribution in [0.1, 0.15) is 0 Å². The maximum absolute atomic E-state index is 9.46. The molecule has 0 bridgehead atoms. The van der Waals surface area contributed by atoms with Crippen LogP contribution in [0.3, 0.4) is 0 Å². The first-order valence-electron chi connectivity index (χ1n) is 4.13. The van der Waals surface area contributed by atoms with Gasteiger partial charge in [0.05, 0.1) is 16.3 Å². The topological polar surface area (TPSA) is 44.3 Å². The van der Waals surface area contributed by atoms with Crippen molar-refractivity contribution in [1.29, 1.82) is 0 Å². The number of hydrogen-bond acceptors (Lipinski definition) is 3. The van der Waals surface area contributed by atoms with Crippen molar-refractivity contribution in [2.24, 2.45) is 7.05 Å². The van der Waals surface area contributed by atoms with Gasteiger partial charge in [0.25, 0.3) is 0 Å². The van der Waals surface area contributed by atoms with Gasteiger partial charge in [-0.2, -0.15) is 0 Å². The molecule has 2 aromatic rings. The van der Waals surface area contributed by atoms with Gasteiger partial charge >= 0.3 is 0 Å². The number of aromatic nitrogens is 1. The molecule has 3 nitrogen and oxygen atoms in total. The standard InChI is InChI=1S/C10H9NO2S/c1-11-4-2-3-6-7(11)5-8(12)9(13)10(6)14/h2-5H,1H3,(H2,12,13,14)/p+1. The van der Waals surface area contributed by atoms with Gasteiger partial charge < -0.3 is 10.2 Å². The summed E-state index contributed by atoms with van der Waals surface area (Å²) < 4.78 is 1.86. The van der Waals surface area contributed by atoms with Crippen molar-refractivity contribution in [1.82, 2.24) is 0 Å². The number of phenolic OH excluding ortho intramolecular Hbond substituents is 2. The van der Waals surface area contributed by atoms with Crippen LogP contribution >= 0.6 is 12.6 Å². The predicted octanol–water partition coefficient (Wildman–Crippen LogP) is 1.36. The average Bonchev–Trinajstić information content (AvgIpc) is 2.17. The van der Waals surface area contributed by atoms with Crippen molar-refractivity contribution in [2.75, 3.05) is 0 Å². The van der Waals surface area contributed by atoms with Crippen molar-refractivity contribution in [3.8, 4) is 11.5 Å². The zero-order valence-corrected chi connectivity index (χ0v) is 8.49. The van der Waals surface area contributed by atoms with E-state index in [1.54, 1.807) is 0 Å². The predicted molar refractivity (Wildman–Crippen MR) is 55.7 cm³/mol. The largest absolute Gasteiger partial charge is 0.504 e. The van der Waals surface area contributed by atoms with E-state index in [0.29, 0.717) is 4.90 Å². The second kappa shape index (κ2) is 3.06. The molecule has 72 valence electrons. The third-order valence-electron chi connectivity index (χ3n) is 2.22. The molecule has 14 heavy (non-hydrogen) atoms. The molecule has 0 fully saturated rings. The second-order valence-electron chi connectivity index (χ2n) is 3.14. The highest BCUT2D eigenvalue weighted by atomic mass is 32.1. The summed E-state index contributed by atoms with van der Waals surface area (Å²) in [6.45, 7) is 0. The minimum absolute atomic E-state index is 0.149. The molecule has 0 aliphatic heterocycles. The molecule has 0 saturated carbocycles. The molecule has 2 N–H and O–H groups in total. The Morgan fingerprint density at radius 2 is 2.07 bits per heavy atom. The Hall–Kier alpha value is -1.42. The average molecular weight is 208 g/mol. The van der Waals surface area contributed by atoms with Crippen LogP contribution in [0, 0.1) is 0 Å². The summed E-state index contributed by atoms with van der Waals surface area (Å²) in [6, 6.07) is 5.22. The number of benzene rings is 1. The highest BCUT2D eigenvalue weighted by Gasteiger charge is 2.14. The van der Waals surface area contributed by atoms with Gasteiger partial charge in [0, 0.05) is 6.07 Å². The lowest BCUT2D eigenvalue weighted by Gasteiger charge is -2.03. The molecule has 2 rings (SSSR count). The lowest BCUT2D eigenvalue weighted by molar-refractivity contribution is -0.644. The molecule has 0 aliphatic rings. The SMILES string of the molecule is C[n+]1cccc2c(S)c(O)c(O)cc21. The van der Waals surface area contributed by atoms with Crippen LogP contribution in [0.15, 0.2) is 29.3 Å². The van der Waals surface area contributed by atoms with E-state index in [9.17, 15) is 10.2 Å². The number of hydrogen-bond donors (Lipinski definition) is 3.